The number of ether oxygens (including phenoxy) is 4. The number of nitrogens with zero attached hydrogens (tertiary/aromatic N) is 2. The first kappa shape index (κ1) is 35.9. The molecular formula is C39H35IN2O8S. The molecule has 2 heterocycles. The van der Waals surface area contributed by atoms with Crippen LogP contribution in [0.25, 0.3) is 16.8 Å². The van der Waals surface area contributed by atoms with Gasteiger partial charge >= 0.3 is 11.9 Å². The lowest BCUT2D eigenvalue weighted by Crippen LogP contribution is -2.40. The number of carbonyl (C=O) groups is 2. The quantitative estimate of drug-likeness (QED) is 0.110. The maximum absolute atomic E-state index is 14.5. The number of halogens is 1. The van der Waals surface area contributed by atoms with E-state index in [9.17, 15) is 19.5 Å². The third kappa shape index (κ3) is 7.15. The molecule has 5 aromatic rings. The molecule has 4 aromatic carbocycles. The molecule has 1 aliphatic rings. The molecule has 1 aliphatic heterocycles. The molecule has 12 heteroatoms. The molecule has 0 saturated carbocycles. The molecule has 0 fully saturated rings. The van der Waals surface area contributed by atoms with Crippen LogP contribution in [-0.4, -0.2) is 42.4 Å². The molecule has 262 valence electrons. The summed E-state index contributed by atoms with van der Waals surface area (Å²) in [5.41, 5.74) is 2.82. The average Bonchev–Trinajstić information content (AvgIpc) is 3.43. The number of allylic oxidation sites excluding steroid dienone is 1. The van der Waals surface area contributed by atoms with Crippen LogP contribution in [0, 0.1) is 3.57 Å². The number of methoxy groups -OCH3 is 2. The monoisotopic (exact) mass is 818 g/mol. The van der Waals surface area contributed by atoms with E-state index in [0.29, 0.717) is 61.0 Å². The van der Waals surface area contributed by atoms with Gasteiger partial charge in [0.1, 0.15) is 18.4 Å². The summed E-state index contributed by atoms with van der Waals surface area (Å²) in [6, 6.07) is 21.0. The number of aromatic nitrogens is 1. The number of hydrogen-bond acceptors (Lipinski definition) is 9. The van der Waals surface area contributed by atoms with Crippen molar-refractivity contribution in [3.63, 3.8) is 0 Å². The molecule has 0 saturated heterocycles. The van der Waals surface area contributed by atoms with Crippen LogP contribution in [0.4, 0.5) is 0 Å². The number of thiazole rings is 1. The third-order valence-corrected chi connectivity index (χ3v) is 10.2. The maximum atomic E-state index is 14.5. The van der Waals surface area contributed by atoms with E-state index in [4.69, 9.17) is 23.9 Å². The summed E-state index contributed by atoms with van der Waals surface area (Å²) < 4.78 is 26.0. The number of fused-ring (bicyclic) bond motifs is 2. The zero-order valence-corrected chi connectivity index (χ0v) is 31.4. The summed E-state index contributed by atoms with van der Waals surface area (Å²) in [5, 5.41) is 11.1. The summed E-state index contributed by atoms with van der Waals surface area (Å²) >= 11 is 3.39. The smallest absolute Gasteiger partial charge is 0.338 e. The van der Waals surface area contributed by atoms with E-state index in [2.05, 4.69) is 22.6 Å². The van der Waals surface area contributed by atoms with Crippen LogP contribution in [0.5, 0.6) is 17.2 Å². The molecule has 0 amide bonds. The number of hydrogen-bond donors (Lipinski definition) is 1. The molecule has 1 aromatic heterocycles. The van der Waals surface area contributed by atoms with Gasteiger partial charge in [-0.1, -0.05) is 67.1 Å². The fourth-order valence-corrected chi connectivity index (χ4v) is 7.99. The number of aromatic carboxylic acids is 1. The Kier molecular flexibility index (Phi) is 10.9. The Balaban J connectivity index is 1.50. The highest BCUT2D eigenvalue weighted by atomic mass is 127. The van der Waals surface area contributed by atoms with Gasteiger partial charge in [0.15, 0.2) is 16.3 Å². The largest absolute Gasteiger partial charge is 0.496 e. The van der Waals surface area contributed by atoms with Gasteiger partial charge in [0.25, 0.3) is 5.56 Å². The van der Waals surface area contributed by atoms with Crippen molar-refractivity contribution in [3.05, 3.63) is 130 Å². The molecule has 10 nitrogen and oxygen atoms in total. The zero-order valence-electron chi connectivity index (χ0n) is 28.4. The van der Waals surface area contributed by atoms with Gasteiger partial charge in [0.2, 0.25) is 0 Å². The van der Waals surface area contributed by atoms with Crippen molar-refractivity contribution < 1.29 is 33.6 Å². The number of esters is 1. The van der Waals surface area contributed by atoms with E-state index in [1.54, 1.807) is 48.9 Å². The fourth-order valence-electron chi connectivity index (χ4n) is 6.19. The van der Waals surface area contributed by atoms with Gasteiger partial charge in [-0.2, -0.15) is 0 Å². The maximum Gasteiger partial charge on any atom is 0.338 e. The van der Waals surface area contributed by atoms with Crippen LogP contribution in [0.1, 0.15) is 59.8 Å². The van der Waals surface area contributed by atoms with Crippen LogP contribution in [0.2, 0.25) is 0 Å². The van der Waals surface area contributed by atoms with Crippen LogP contribution in [-0.2, 0) is 16.1 Å². The molecule has 1 atom stereocenters. The minimum Gasteiger partial charge on any atom is -0.496 e. The van der Waals surface area contributed by atoms with Gasteiger partial charge in [-0.05, 0) is 94.2 Å². The summed E-state index contributed by atoms with van der Waals surface area (Å²) in [4.78, 5) is 45.1. The fraction of sp³-hybridized carbons (Fsp3) is 0.231. The second-order valence-electron chi connectivity index (χ2n) is 11.6. The second-order valence-corrected chi connectivity index (χ2v) is 13.8. The second kappa shape index (κ2) is 15.5. The lowest BCUT2D eigenvalue weighted by molar-refractivity contribution is -0.139. The number of carboxylic acid groups (broad SMARTS) is 1. The van der Waals surface area contributed by atoms with E-state index in [1.165, 1.54) is 24.5 Å². The minimum absolute atomic E-state index is 0.131. The van der Waals surface area contributed by atoms with E-state index in [1.807, 2.05) is 49.4 Å². The summed E-state index contributed by atoms with van der Waals surface area (Å²) in [6.07, 6.45) is 3.02. The van der Waals surface area contributed by atoms with E-state index < -0.39 is 18.0 Å². The van der Waals surface area contributed by atoms with Crippen molar-refractivity contribution in [1.29, 1.82) is 0 Å². The SMILES string of the molecule is CCCC1=C(C(=O)OCC)[C@@H](c2c(OC)ccc3ccccc23)n2c(s/c(=C\c3cc(I)c(OCc4cccc(C(=O)O)c4)c(OC)c3)c2=O)=N1. The van der Waals surface area contributed by atoms with Gasteiger partial charge in [-0.3, -0.25) is 9.36 Å². The highest BCUT2D eigenvalue weighted by Crippen LogP contribution is 2.41. The highest BCUT2D eigenvalue weighted by molar-refractivity contribution is 14.1. The molecular weight excluding hydrogens is 783 g/mol. The average molecular weight is 819 g/mol. The Morgan fingerprint density at radius 1 is 1.00 bits per heavy atom. The summed E-state index contributed by atoms with van der Waals surface area (Å²) in [6.45, 7) is 4.07. The highest BCUT2D eigenvalue weighted by Gasteiger charge is 2.37. The van der Waals surface area contributed by atoms with Gasteiger partial charge in [-0.15, -0.1) is 0 Å². The van der Waals surface area contributed by atoms with Crippen molar-refractivity contribution in [2.45, 2.75) is 39.3 Å². The molecule has 1 N–H and O–H groups in total. The number of rotatable bonds is 12. The van der Waals surface area contributed by atoms with Gasteiger partial charge in [-0.25, -0.2) is 14.6 Å². The standard InChI is InChI=1S/C39H35IN2O8S/c1-5-10-28-33(38(46)49-6-2)34(32-26-14-8-7-12-24(26)15-16-29(32)47-3)42-36(43)31(51-39(42)41-28)20-23-18-27(40)35(30(19-23)48-4)50-21-22-11-9-13-25(17-22)37(44)45/h7-9,11-20,34H,5-6,10,21H2,1-4H3,(H,44,45)/b31-20-/t34-/m1/s1. The van der Waals surface area contributed by atoms with E-state index in [0.717, 1.165) is 20.8 Å². The van der Waals surface area contributed by atoms with Crippen LogP contribution < -0.4 is 29.1 Å². The Morgan fingerprint density at radius 3 is 2.51 bits per heavy atom. The van der Waals surface area contributed by atoms with Crippen LogP contribution in [0.3, 0.4) is 0 Å². The molecule has 0 aliphatic carbocycles. The number of carbonyl (C=O) groups excluding carboxylic acids is 1. The molecule has 0 unspecified atom stereocenters. The first-order valence-corrected chi connectivity index (χ1v) is 18.2. The number of benzene rings is 4. The lowest BCUT2D eigenvalue weighted by Gasteiger charge is -2.28. The predicted octanol–water partition coefficient (Wildman–Crippen LogP) is 6.63. The van der Waals surface area contributed by atoms with Crippen LogP contribution in [0.15, 0.2) is 93.9 Å². The summed E-state index contributed by atoms with van der Waals surface area (Å²) in [7, 11) is 3.11. The molecule has 6 rings (SSSR count). The van der Waals surface area contributed by atoms with E-state index >= 15 is 0 Å². The number of carboxylic acids is 1. The Morgan fingerprint density at radius 2 is 1.78 bits per heavy atom. The predicted molar refractivity (Wildman–Crippen MR) is 204 cm³/mol. The van der Waals surface area contributed by atoms with Crippen molar-refractivity contribution in [1.82, 2.24) is 4.57 Å². The minimum atomic E-state index is -1.01. The Bertz CT molecular complexity index is 2380. The Hall–Kier alpha value is -4.95. The zero-order chi connectivity index (χ0) is 36.2. The first-order valence-electron chi connectivity index (χ1n) is 16.3. The topological polar surface area (TPSA) is 126 Å². The van der Waals surface area contributed by atoms with Crippen LogP contribution >= 0.6 is 33.9 Å². The van der Waals surface area contributed by atoms with Gasteiger partial charge in [0, 0.05) is 5.56 Å². The summed E-state index contributed by atoms with van der Waals surface area (Å²) in [5.74, 6) is -0.0619. The molecule has 51 heavy (non-hydrogen) atoms. The van der Waals surface area contributed by atoms with Gasteiger partial charge in [0.05, 0.1) is 45.8 Å². The normalized spacial score (nSPS) is 14.2. The van der Waals surface area contributed by atoms with Crippen molar-refractivity contribution in [2.24, 2.45) is 4.99 Å². The van der Waals surface area contributed by atoms with Crippen molar-refractivity contribution >= 4 is 62.7 Å². The first-order chi connectivity index (χ1) is 24.7. The molecule has 0 spiro atoms. The third-order valence-electron chi connectivity index (χ3n) is 8.42. The molecule has 0 bridgehead atoms. The van der Waals surface area contributed by atoms with Crippen molar-refractivity contribution in [3.8, 4) is 17.2 Å². The van der Waals surface area contributed by atoms with Gasteiger partial charge < -0.3 is 24.1 Å². The molecule has 0 radical (unpaired) electrons. The van der Waals surface area contributed by atoms with E-state index in [-0.39, 0.29) is 24.3 Å². The Labute approximate surface area is 311 Å². The van der Waals surface area contributed by atoms with Crippen molar-refractivity contribution in [2.75, 3.05) is 20.8 Å². The lowest BCUT2D eigenvalue weighted by atomic mass is 9.90.